The number of nitrogens with zero attached hydrogens (tertiary/aromatic N) is 2. The van der Waals surface area contributed by atoms with E-state index in [2.05, 4.69) is 0 Å². The fourth-order valence-corrected chi connectivity index (χ4v) is 1.40. The molecule has 90 valence electrons. The monoisotopic (exact) mass is 218 g/mol. The number of rotatable bonds is 2. The van der Waals surface area contributed by atoms with E-state index in [0.717, 1.165) is 6.54 Å². The molecule has 0 spiro atoms. The first kappa shape index (κ1) is 14.3. The van der Waals surface area contributed by atoms with Gasteiger partial charge in [0, 0.05) is 13.1 Å². The van der Waals surface area contributed by atoms with Crippen molar-refractivity contribution in [3.63, 3.8) is 0 Å². The van der Waals surface area contributed by atoms with Crippen molar-refractivity contribution in [1.29, 1.82) is 0 Å². The number of amides is 1. The molecule has 0 aromatic rings. The summed E-state index contributed by atoms with van der Waals surface area (Å²) in [6.45, 7) is 7.34. The van der Waals surface area contributed by atoms with Gasteiger partial charge in [0.25, 0.3) is 0 Å². The fourth-order valence-electron chi connectivity index (χ4n) is 1.40. The van der Waals surface area contributed by atoms with Gasteiger partial charge in [0.05, 0.1) is 12.6 Å². The van der Waals surface area contributed by atoms with Crippen molar-refractivity contribution in [3.05, 3.63) is 0 Å². The average Bonchev–Trinajstić information content (AvgIpc) is 2.20. The molecule has 2 N–H and O–H groups in total. The van der Waals surface area contributed by atoms with Crippen molar-refractivity contribution in [2.45, 2.75) is 33.1 Å². The molecule has 1 atom stereocenters. The molecule has 5 nitrogen and oxygen atoms in total. The maximum Gasteiger partial charge on any atom is 0.237 e. The minimum atomic E-state index is -1.45. The van der Waals surface area contributed by atoms with E-state index in [1.165, 1.54) is 4.90 Å². The molecular formula is C10H22N2O3. The molecule has 1 heterocycles. The Morgan fingerprint density at radius 3 is 2.20 bits per heavy atom. The molecule has 5 heteroatoms. The summed E-state index contributed by atoms with van der Waals surface area (Å²) in [5.41, 5.74) is 0. The van der Waals surface area contributed by atoms with Crippen molar-refractivity contribution in [2.75, 3.05) is 26.7 Å². The van der Waals surface area contributed by atoms with Crippen LogP contribution >= 0.6 is 0 Å². The van der Waals surface area contributed by atoms with Gasteiger partial charge in [0.15, 0.2) is 6.29 Å². The summed E-state index contributed by atoms with van der Waals surface area (Å²) >= 11 is 0. The van der Waals surface area contributed by atoms with Crippen LogP contribution in [0.5, 0.6) is 0 Å². The second-order valence-corrected chi connectivity index (χ2v) is 3.48. The zero-order chi connectivity index (χ0) is 12.0. The van der Waals surface area contributed by atoms with Gasteiger partial charge in [-0.1, -0.05) is 13.8 Å². The normalized spacial score (nSPS) is 19.9. The van der Waals surface area contributed by atoms with Crippen LogP contribution in [-0.2, 0) is 4.79 Å². The van der Waals surface area contributed by atoms with E-state index in [1.807, 2.05) is 25.8 Å². The van der Waals surface area contributed by atoms with Gasteiger partial charge >= 0.3 is 0 Å². The van der Waals surface area contributed by atoms with Crippen molar-refractivity contribution in [2.24, 2.45) is 0 Å². The molecule has 0 aromatic carbocycles. The number of carbonyl (C=O) groups is 1. The van der Waals surface area contributed by atoms with E-state index < -0.39 is 12.3 Å². The lowest BCUT2D eigenvalue weighted by Gasteiger charge is -2.36. The van der Waals surface area contributed by atoms with Crippen LogP contribution in [0.1, 0.15) is 20.8 Å². The standard InChI is InChI=1S/C8H16N2O3.C2H6/c1-6(8(12)13)10-4-3-9(2)5-7(10)11;1-2/h6,8,12-13H,3-5H2,1-2H3;1-2H3/t6-;/m0./s1. The van der Waals surface area contributed by atoms with Crippen LogP contribution in [-0.4, -0.2) is 64.9 Å². The highest BCUT2D eigenvalue weighted by molar-refractivity contribution is 5.79. The highest BCUT2D eigenvalue weighted by Gasteiger charge is 2.28. The van der Waals surface area contributed by atoms with Gasteiger partial charge in [-0.2, -0.15) is 0 Å². The van der Waals surface area contributed by atoms with E-state index in [0.29, 0.717) is 13.1 Å². The smallest absolute Gasteiger partial charge is 0.237 e. The van der Waals surface area contributed by atoms with E-state index in [1.54, 1.807) is 6.92 Å². The summed E-state index contributed by atoms with van der Waals surface area (Å²) in [7, 11) is 1.87. The summed E-state index contributed by atoms with van der Waals surface area (Å²) in [5, 5.41) is 17.8. The Kier molecular flexibility index (Phi) is 6.47. The maximum atomic E-state index is 11.4. The number of piperazine rings is 1. The minimum absolute atomic E-state index is 0.0469. The van der Waals surface area contributed by atoms with Crippen molar-refractivity contribution in [3.8, 4) is 0 Å². The van der Waals surface area contributed by atoms with Gasteiger partial charge in [-0.3, -0.25) is 9.69 Å². The Hall–Kier alpha value is -0.650. The maximum absolute atomic E-state index is 11.4. The van der Waals surface area contributed by atoms with Crippen LogP contribution < -0.4 is 0 Å². The predicted octanol–water partition coefficient (Wildman–Crippen LogP) is -0.514. The molecule has 1 aliphatic heterocycles. The van der Waals surface area contributed by atoms with Gasteiger partial charge in [-0.25, -0.2) is 0 Å². The van der Waals surface area contributed by atoms with Gasteiger partial charge in [-0.15, -0.1) is 0 Å². The molecule has 1 rings (SSSR count). The lowest BCUT2D eigenvalue weighted by Crippen LogP contribution is -2.55. The van der Waals surface area contributed by atoms with E-state index in [-0.39, 0.29) is 5.91 Å². The lowest BCUT2D eigenvalue weighted by atomic mass is 10.2. The third kappa shape index (κ3) is 4.15. The lowest BCUT2D eigenvalue weighted by molar-refractivity contribution is -0.150. The Morgan fingerprint density at radius 2 is 1.80 bits per heavy atom. The molecule has 0 unspecified atom stereocenters. The Balaban J connectivity index is 0.000000921. The van der Waals surface area contributed by atoms with Crippen LogP contribution in [0.15, 0.2) is 0 Å². The third-order valence-electron chi connectivity index (χ3n) is 2.37. The Morgan fingerprint density at radius 1 is 1.27 bits per heavy atom. The van der Waals surface area contributed by atoms with E-state index in [9.17, 15) is 4.79 Å². The Bertz CT molecular complexity index is 197. The zero-order valence-corrected chi connectivity index (χ0v) is 9.97. The van der Waals surface area contributed by atoms with Gasteiger partial charge in [0.1, 0.15) is 0 Å². The largest absolute Gasteiger partial charge is 0.366 e. The topological polar surface area (TPSA) is 64.0 Å². The first-order valence-corrected chi connectivity index (χ1v) is 5.36. The molecule has 0 aliphatic carbocycles. The van der Waals surface area contributed by atoms with Crippen LogP contribution in [0.4, 0.5) is 0 Å². The fraction of sp³-hybridized carbons (Fsp3) is 0.900. The number of likely N-dealkylation sites (N-methyl/N-ethyl adjacent to an activating group) is 1. The molecule has 1 amide bonds. The van der Waals surface area contributed by atoms with Gasteiger partial charge < -0.3 is 15.1 Å². The second kappa shape index (κ2) is 6.76. The van der Waals surface area contributed by atoms with Crippen LogP contribution in [0.3, 0.4) is 0 Å². The van der Waals surface area contributed by atoms with Crippen LogP contribution in [0.2, 0.25) is 0 Å². The van der Waals surface area contributed by atoms with Crippen molar-refractivity contribution >= 4 is 5.91 Å². The number of carbonyl (C=O) groups excluding carboxylic acids is 1. The first-order chi connectivity index (χ1) is 7.02. The van der Waals surface area contributed by atoms with Crippen LogP contribution in [0, 0.1) is 0 Å². The molecule has 0 bridgehead atoms. The molecule has 15 heavy (non-hydrogen) atoms. The molecule has 1 saturated heterocycles. The molecule has 0 saturated carbocycles. The average molecular weight is 218 g/mol. The van der Waals surface area contributed by atoms with E-state index in [4.69, 9.17) is 10.2 Å². The van der Waals surface area contributed by atoms with Gasteiger partial charge in [-0.05, 0) is 14.0 Å². The third-order valence-corrected chi connectivity index (χ3v) is 2.37. The van der Waals surface area contributed by atoms with Gasteiger partial charge in [0.2, 0.25) is 5.91 Å². The summed E-state index contributed by atoms with van der Waals surface area (Å²) in [6, 6.07) is -0.513. The Labute approximate surface area is 91.3 Å². The molecule has 1 aliphatic rings. The van der Waals surface area contributed by atoms with E-state index >= 15 is 0 Å². The predicted molar refractivity (Wildman–Crippen MR) is 58.2 cm³/mol. The number of aliphatic hydroxyl groups is 2. The number of hydrogen-bond acceptors (Lipinski definition) is 4. The summed E-state index contributed by atoms with van der Waals surface area (Å²) in [6.07, 6.45) is -1.45. The molecule has 0 radical (unpaired) electrons. The molecule has 1 fully saturated rings. The first-order valence-electron chi connectivity index (χ1n) is 5.36. The summed E-state index contributed by atoms with van der Waals surface area (Å²) in [5.74, 6) is -0.0469. The highest BCUT2D eigenvalue weighted by atomic mass is 16.5. The van der Waals surface area contributed by atoms with Crippen LogP contribution in [0.25, 0.3) is 0 Å². The SMILES string of the molecule is CC.C[C@@H](C(O)O)N1CCN(C)CC1=O. The molecular weight excluding hydrogens is 196 g/mol. The second-order valence-electron chi connectivity index (χ2n) is 3.48. The number of aliphatic hydroxyl groups excluding tert-OH is 1. The minimum Gasteiger partial charge on any atom is -0.366 e. The number of hydrogen-bond donors (Lipinski definition) is 2. The zero-order valence-electron chi connectivity index (χ0n) is 9.97. The highest BCUT2D eigenvalue weighted by Crippen LogP contribution is 2.08. The molecule has 0 aromatic heterocycles. The summed E-state index contributed by atoms with van der Waals surface area (Å²) < 4.78 is 0. The van der Waals surface area contributed by atoms with Crippen molar-refractivity contribution < 1.29 is 15.0 Å². The summed E-state index contributed by atoms with van der Waals surface area (Å²) in [4.78, 5) is 14.8. The quantitative estimate of drug-likeness (QED) is 0.613. The van der Waals surface area contributed by atoms with Crippen molar-refractivity contribution in [1.82, 2.24) is 9.80 Å².